The van der Waals surface area contributed by atoms with Crippen molar-refractivity contribution >= 4 is 15.9 Å². The standard InChI is InChI=1S/C13H18BrN5O/c1-9-6-11(14)7-10(2)13(9)19-12(16-17-18-19)8-15-4-5-20-3/h6-7,15H,4-5,8H2,1-3H3. The fourth-order valence-electron chi connectivity index (χ4n) is 2.10. The topological polar surface area (TPSA) is 64.9 Å². The van der Waals surface area contributed by atoms with E-state index in [1.54, 1.807) is 11.8 Å². The van der Waals surface area contributed by atoms with E-state index in [2.05, 4.69) is 62.8 Å². The van der Waals surface area contributed by atoms with E-state index in [1.165, 1.54) is 0 Å². The van der Waals surface area contributed by atoms with Gasteiger partial charge in [-0.15, -0.1) is 5.10 Å². The normalized spacial score (nSPS) is 11.0. The van der Waals surface area contributed by atoms with Crippen LogP contribution >= 0.6 is 15.9 Å². The monoisotopic (exact) mass is 339 g/mol. The van der Waals surface area contributed by atoms with Gasteiger partial charge in [0.05, 0.1) is 18.8 Å². The molecule has 2 rings (SSSR count). The summed E-state index contributed by atoms with van der Waals surface area (Å²) in [6, 6.07) is 4.12. The highest BCUT2D eigenvalue weighted by molar-refractivity contribution is 9.10. The van der Waals surface area contributed by atoms with E-state index in [0.717, 1.165) is 33.7 Å². The van der Waals surface area contributed by atoms with Crippen molar-refractivity contribution in [2.24, 2.45) is 0 Å². The van der Waals surface area contributed by atoms with Crippen molar-refractivity contribution in [3.63, 3.8) is 0 Å². The Labute approximate surface area is 126 Å². The maximum absolute atomic E-state index is 5.00. The van der Waals surface area contributed by atoms with Gasteiger partial charge in [-0.25, -0.2) is 0 Å². The zero-order valence-electron chi connectivity index (χ0n) is 11.9. The third-order valence-corrected chi connectivity index (χ3v) is 3.43. The van der Waals surface area contributed by atoms with Gasteiger partial charge in [-0.3, -0.25) is 0 Å². The molecule has 20 heavy (non-hydrogen) atoms. The molecular formula is C13H18BrN5O. The second-order valence-electron chi connectivity index (χ2n) is 4.56. The Morgan fingerprint density at radius 3 is 2.65 bits per heavy atom. The second-order valence-corrected chi connectivity index (χ2v) is 5.48. The molecule has 0 aliphatic rings. The summed E-state index contributed by atoms with van der Waals surface area (Å²) in [7, 11) is 1.68. The zero-order valence-corrected chi connectivity index (χ0v) is 13.4. The van der Waals surface area contributed by atoms with Crippen LogP contribution in [0.2, 0.25) is 0 Å². The van der Waals surface area contributed by atoms with Crippen LogP contribution in [0, 0.1) is 13.8 Å². The summed E-state index contributed by atoms with van der Waals surface area (Å²) in [5.74, 6) is 0.787. The molecule has 1 N–H and O–H groups in total. The number of tetrazole rings is 1. The fourth-order valence-corrected chi connectivity index (χ4v) is 2.79. The van der Waals surface area contributed by atoms with Crippen LogP contribution < -0.4 is 5.32 Å². The van der Waals surface area contributed by atoms with E-state index in [0.29, 0.717) is 13.2 Å². The minimum absolute atomic E-state index is 0.602. The van der Waals surface area contributed by atoms with Crippen molar-refractivity contribution in [1.29, 1.82) is 0 Å². The number of methoxy groups -OCH3 is 1. The van der Waals surface area contributed by atoms with Crippen molar-refractivity contribution in [1.82, 2.24) is 25.5 Å². The summed E-state index contributed by atoms with van der Waals surface area (Å²) in [6.45, 7) is 6.14. The lowest BCUT2D eigenvalue weighted by Crippen LogP contribution is -2.21. The number of nitrogens with zero attached hydrogens (tertiary/aromatic N) is 4. The highest BCUT2D eigenvalue weighted by atomic mass is 79.9. The molecule has 1 aromatic heterocycles. The zero-order chi connectivity index (χ0) is 14.5. The highest BCUT2D eigenvalue weighted by Crippen LogP contribution is 2.23. The third kappa shape index (κ3) is 3.41. The van der Waals surface area contributed by atoms with Gasteiger partial charge in [-0.05, 0) is 47.5 Å². The molecular weight excluding hydrogens is 322 g/mol. The number of benzene rings is 1. The first-order valence-electron chi connectivity index (χ1n) is 6.37. The van der Waals surface area contributed by atoms with Gasteiger partial charge >= 0.3 is 0 Å². The summed E-state index contributed by atoms with van der Waals surface area (Å²) in [6.07, 6.45) is 0. The lowest BCUT2D eigenvalue weighted by molar-refractivity contribution is 0.199. The van der Waals surface area contributed by atoms with E-state index < -0.39 is 0 Å². The molecule has 0 aliphatic carbocycles. The first-order valence-corrected chi connectivity index (χ1v) is 7.17. The van der Waals surface area contributed by atoms with Gasteiger partial charge in [0.1, 0.15) is 0 Å². The molecule has 0 radical (unpaired) electrons. The Bertz CT molecular complexity index is 561. The number of aryl methyl sites for hydroxylation is 2. The van der Waals surface area contributed by atoms with Crippen molar-refractivity contribution in [3.8, 4) is 5.69 Å². The molecule has 0 atom stereocenters. The van der Waals surface area contributed by atoms with Crippen LogP contribution in [0.3, 0.4) is 0 Å². The third-order valence-electron chi connectivity index (χ3n) is 2.97. The number of rotatable bonds is 6. The molecule has 0 saturated carbocycles. The van der Waals surface area contributed by atoms with E-state index >= 15 is 0 Å². The fraction of sp³-hybridized carbons (Fsp3) is 0.462. The summed E-state index contributed by atoms with van der Waals surface area (Å²) >= 11 is 3.50. The van der Waals surface area contributed by atoms with Gasteiger partial charge in [0.25, 0.3) is 0 Å². The van der Waals surface area contributed by atoms with E-state index in [9.17, 15) is 0 Å². The van der Waals surface area contributed by atoms with Gasteiger partial charge in [-0.1, -0.05) is 15.9 Å². The van der Waals surface area contributed by atoms with Crippen LogP contribution in [0.4, 0.5) is 0 Å². The average Bonchev–Trinajstić information content (AvgIpc) is 2.82. The number of aromatic nitrogens is 4. The van der Waals surface area contributed by atoms with Crippen LogP contribution in [-0.2, 0) is 11.3 Å². The van der Waals surface area contributed by atoms with Gasteiger partial charge in [0.15, 0.2) is 5.82 Å². The number of halogens is 1. The Balaban J connectivity index is 2.24. The first-order chi connectivity index (χ1) is 9.63. The molecule has 0 amide bonds. The molecule has 0 aliphatic heterocycles. The maximum atomic E-state index is 5.00. The number of hydrogen-bond donors (Lipinski definition) is 1. The predicted octanol–water partition coefficient (Wildman–Crippen LogP) is 1.78. The van der Waals surface area contributed by atoms with Gasteiger partial charge < -0.3 is 10.1 Å². The molecule has 7 heteroatoms. The van der Waals surface area contributed by atoms with E-state index in [4.69, 9.17) is 4.74 Å². The van der Waals surface area contributed by atoms with Crippen molar-refractivity contribution in [2.75, 3.05) is 20.3 Å². The Morgan fingerprint density at radius 2 is 2.00 bits per heavy atom. The smallest absolute Gasteiger partial charge is 0.170 e. The highest BCUT2D eigenvalue weighted by Gasteiger charge is 2.13. The molecule has 1 heterocycles. The molecule has 0 saturated heterocycles. The minimum Gasteiger partial charge on any atom is -0.383 e. The summed E-state index contributed by atoms with van der Waals surface area (Å²) in [5.41, 5.74) is 3.28. The van der Waals surface area contributed by atoms with Crippen molar-refractivity contribution in [3.05, 3.63) is 33.6 Å². The number of ether oxygens (including phenoxy) is 1. The second kappa shape index (κ2) is 6.92. The molecule has 0 fully saturated rings. The summed E-state index contributed by atoms with van der Waals surface area (Å²) in [5, 5.41) is 15.2. The minimum atomic E-state index is 0.602. The van der Waals surface area contributed by atoms with E-state index in [-0.39, 0.29) is 0 Å². The largest absolute Gasteiger partial charge is 0.383 e. The van der Waals surface area contributed by atoms with E-state index in [1.807, 2.05) is 0 Å². The predicted molar refractivity (Wildman–Crippen MR) is 79.9 cm³/mol. The summed E-state index contributed by atoms with van der Waals surface area (Å²) < 4.78 is 7.85. The quantitative estimate of drug-likeness (QED) is 0.812. The van der Waals surface area contributed by atoms with Crippen LogP contribution in [0.5, 0.6) is 0 Å². The van der Waals surface area contributed by atoms with Crippen molar-refractivity contribution < 1.29 is 4.74 Å². The van der Waals surface area contributed by atoms with Gasteiger partial charge in [0.2, 0.25) is 0 Å². The van der Waals surface area contributed by atoms with Crippen LogP contribution in [0.25, 0.3) is 5.69 Å². The molecule has 2 aromatic rings. The first kappa shape index (κ1) is 15.1. The lowest BCUT2D eigenvalue weighted by atomic mass is 10.1. The average molecular weight is 340 g/mol. The van der Waals surface area contributed by atoms with Gasteiger partial charge in [-0.2, -0.15) is 4.68 Å². The van der Waals surface area contributed by atoms with Crippen molar-refractivity contribution in [2.45, 2.75) is 20.4 Å². The molecule has 0 bridgehead atoms. The molecule has 0 spiro atoms. The molecule has 6 nitrogen and oxygen atoms in total. The Morgan fingerprint density at radius 1 is 1.30 bits per heavy atom. The molecule has 1 aromatic carbocycles. The molecule has 0 unspecified atom stereocenters. The maximum Gasteiger partial charge on any atom is 0.170 e. The Hall–Kier alpha value is -1.31. The number of hydrogen-bond acceptors (Lipinski definition) is 5. The Kier molecular flexibility index (Phi) is 5.22. The molecule has 108 valence electrons. The lowest BCUT2D eigenvalue weighted by Gasteiger charge is -2.12. The van der Waals surface area contributed by atoms with Crippen LogP contribution in [0.15, 0.2) is 16.6 Å². The SMILES string of the molecule is COCCNCc1nnnn1-c1c(C)cc(Br)cc1C. The van der Waals surface area contributed by atoms with Crippen LogP contribution in [0.1, 0.15) is 17.0 Å². The summed E-state index contributed by atoms with van der Waals surface area (Å²) in [4.78, 5) is 0. The van der Waals surface area contributed by atoms with Gasteiger partial charge in [0, 0.05) is 18.1 Å². The number of nitrogens with one attached hydrogen (secondary N) is 1. The van der Waals surface area contributed by atoms with Crippen LogP contribution in [-0.4, -0.2) is 40.5 Å².